The minimum Gasteiger partial charge on any atom is -0.508 e. The highest BCUT2D eigenvalue weighted by molar-refractivity contribution is 7.22. The average molecular weight is 1010 g/mol. The van der Waals surface area contributed by atoms with Gasteiger partial charge in [0, 0.05) is 39.2 Å². The standard InChI is InChI=1S/C54H62N4O11S2/c1-35-49(70-34-56-35)38-10-8-36(9-11-38)32-55-52(62)44-7-6-22-58(44)53(63)51(54(2,3)4)57-46(60)33-68-28-27-66-24-23-65-25-26-67-29-30-69-42-19-12-37(13-20-42)48(61)47-43-21-16-40(59)31-45(43)71-50(47)39-14-17-41(64-5)18-15-39/h8-21,31,34,44,51,59H,6-7,22-30,32-33H2,1-5H3,(H,55,62)(H,57,60)/t44-,51?/m0/s1. The van der Waals surface area contributed by atoms with Gasteiger partial charge in [-0.3, -0.25) is 19.2 Å². The first-order valence-electron chi connectivity index (χ1n) is 23.7. The quantitative estimate of drug-likeness (QED) is 0.0370. The first-order valence-corrected chi connectivity index (χ1v) is 25.4. The Bertz CT molecular complexity index is 2720. The normalized spacial score (nSPS) is 14.1. The summed E-state index contributed by atoms with van der Waals surface area (Å²) in [6, 6.07) is 26.2. The Morgan fingerprint density at radius 3 is 2.04 bits per heavy atom. The van der Waals surface area contributed by atoms with Gasteiger partial charge in [0.25, 0.3) is 0 Å². The van der Waals surface area contributed by atoms with E-state index in [0.717, 1.165) is 48.0 Å². The highest BCUT2D eigenvalue weighted by atomic mass is 32.1. The number of phenolic OH excluding ortho intramolecular Hbond substituents is 1. The molecule has 71 heavy (non-hydrogen) atoms. The molecule has 376 valence electrons. The number of thiazole rings is 1. The molecule has 1 saturated heterocycles. The van der Waals surface area contributed by atoms with E-state index in [0.29, 0.717) is 82.4 Å². The van der Waals surface area contributed by atoms with Crippen molar-refractivity contribution in [3.63, 3.8) is 0 Å². The molecule has 4 aromatic carbocycles. The third-order valence-corrected chi connectivity index (χ3v) is 14.1. The third-order valence-electron chi connectivity index (χ3n) is 11.9. The highest BCUT2D eigenvalue weighted by Crippen LogP contribution is 2.42. The molecule has 0 bridgehead atoms. The van der Waals surface area contributed by atoms with Crippen LogP contribution in [-0.2, 0) is 39.9 Å². The van der Waals surface area contributed by atoms with Crippen molar-refractivity contribution in [1.82, 2.24) is 20.5 Å². The fourth-order valence-electron chi connectivity index (χ4n) is 8.13. The number of thiophene rings is 1. The molecule has 0 aliphatic carbocycles. The molecule has 6 aromatic rings. The molecule has 1 fully saturated rings. The van der Waals surface area contributed by atoms with E-state index in [9.17, 15) is 24.3 Å². The first kappa shape index (κ1) is 52.6. The van der Waals surface area contributed by atoms with Crippen LogP contribution in [0, 0.1) is 12.3 Å². The van der Waals surface area contributed by atoms with Crippen LogP contribution < -0.4 is 20.1 Å². The molecule has 2 aromatic heterocycles. The van der Waals surface area contributed by atoms with E-state index in [4.69, 9.17) is 28.4 Å². The van der Waals surface area contributed by atoms with Crippen LogP contribution in [-0.4, -0.2) is 124 Å². The number of aromatic nitrogens is 1. The molecular formula is C54H62N4O11S2. The van der Waals surface area contributed by atoms with Gasteiger partial charge < -0.3 is 49.1 Å². The van der Waals surface area contributed by atoms with Gasteiger partial charge in [-0.2, -0.15) is 0 Å². The topological polar surface area (TPSA) is 184 Å². The Hall–Kier alpha value is -6.21. The minimum absolute atomic E-state index is 0.128. The zero-order valence-corrected chi connectivity index (χ0v) is 42.5. The Kier molecular flexibility index (Phi) is 18.7. The molecule has 3 amide bonds. The number of amides is 3. The highest BCUT2D eigenvalue weighted by Gasteiger charge is 2.42. The number of aromatic hydroxyl groups is 1. The number of carbonyl (C=O) groups excluding carboxylic acids is 4. The van der Waals surface area contributed by atoms with Gasteiger partial charge in [0.15, 0.2) is 5.78 Å². The Morgan fingerprint density at radius 2 is 1.41 bits per heavy atom. The van der Waals surface area contributed by atoms with Gasteiger partial charge >= 0.3 is 0 Å². The van der Waals surface area contributed by atoms with E-state index < -0.39 is 23.4 Å². The number of rotatable bonds is 25. The molecule has 7 rings (SSSR count). The van der Waals surface area contributed by atoms with Crippen LogP contribution in [0.5, 0.6) is 17.2 Å². The molecule has 1 unspecified atom stereocenters. The van der Waals surface area contributed by atoms with Crippen molar-refractivity contribution in [2.24, 2.45) is 5.41 Å². The molecule has 0 radical (unpaired) electrons. The number of ether oxygens (including phenoxy) is 6. The average Bonchev–Trinajstić information content (AvgIpc) is 4.13. The summed E-state index contributed by atoms with van der Waals surface area (Å²) < 4.78 is 34.3. The monoisotopic (exact) mass is 1010 g/mol. The van der Waals surface area contributed by atoms with Crippen LogP contribution in [0.15, 0.2) is 96.5 Å². The molecular weight excluding hydrogens is 945 g/mol. The minimum atomic E-state index is -0.852. The predicted octanol–water partition coefficient (Wildman–Crippen LogP) is 8.23. The van der Waals surface area contributed by atoms with Crippen LogP contribution in [0.4, 0.5) is 0 Å². The summed E-state index contributed by atoms with van der Waals surface area (Å²) in [4.78, 5) is 62.0. The van der Waals surface area contributed by atoms with Crippen molar-refractivity contribution in [2.75, 3.05) is 73.1 Å². The van der Waals surface area contributed by atoms with Crippen LogP contribution in [0.1, 0.15) is 60.8 Å². The van der Waals surface area contributed by atoms with Gasteiger partial charge in [0.05, 0.1) is 69.4 Å². The fourth-order valence-corrected chi connectivity index (χ4v) is 10.2. The van der Waals surface area contributed by atoms with E-state index >= 15 is 0 Å². The van der Waals surface area contributed by atoms with Gasteiger partial charge in [-0.25, -0.2) is 4.98 Å². The number of methoxy groups -OCH3 is 1. The second kappa shape index (κ2) is 25.3. The van der Waals surface area contributed by atoms with E-state index in [1.807, 2.05) is 81.7 Å². The van der Waals surface area contributed by atoms with Crippen molar-refractivity contribution < 1.29 is 52.7 Å². The lowest BCUT2D eigenvalue weighted by atomic mass is 9.85. The largest absolute Gasteiger partial charge is 0.508 e. The second-order valence-corrected chi connectivity index (χ2v) is 20.0. The van der Waals surface area contributed by atoms with Crippen LogP contribution >= 0.6 is 22.7 Å². The summed E-state index contributed by atoms with van der Waals surface area (Å²) in [7, 11) is 1.61. The summed E-state index contributed by atoms with van der Waals surface area (Å²) in [5.74, 6) is 0.400. The van der Waals surface area contributed by atoms with Crippen molar-refractivity contribution in [3.05, 3.63) is 119 Å². The molecule has 2 atom stereocenters. The zero-order chi connectivity index (χ0) is 50.3. The Morgan fingerprint density at radius 1 is 0.789 bits per heavy atom. The Labute approximate surface area is 422 Å². The van der Waals surface area contributed by atoms with Crippen molar-refractivity contribution in [2.45, 2.75) is 59.2 Å². The second-order valence-electron chi connectivity index (χ2n) is 18.0. The molecule has 1 aliphatic heterocycles. The molecule has 1 aliphatic rings. The van der Waals surface area contributed by atoms with E-state index in [1.54, 1.807) is 65.8 Å². The number of fused-ring (bicyclic) bond motifs is 1. The number of hydrogen-bond donors (Lipinski definition) is 3. The third kappa shape index (κ3) is 14.2. The molecule has 17 heteroatoms. The summed E-state index contributed by atoms with van der Waals surface area (Å²) in [6.45, 7) is 10.6. The lowest BCUT2D eigenvalue weighted by Crippen LogP contribution is -2.58. The number of nitrogens with one attached hydrogen (secondary N) is 2. The van der Waals surface area contributed by atoms with E-state index in [-0.39, 0.29) is 43.2 Å². The van der Waals surface area contributed by atoms with Crippen LogP contribution in [0.25, 0.3) is 31.0 Å². The van der Waals surface area contributed by atoms with Crippen molar-refractivity contribution >= 4 is 56.3 Å². The van der Waals surface area contributed by atoms with Crippen molar-refractivity contribution in [3.8, 4) is 38.1 Å². The van der Waals surface area contributed by atoms with Gasteiger partial charge in [-0.05, 0) is 109 Å². The Balaban J connectivity index is 0.733. The summed E-state index contributed by atoms with van der Waals surface area (Å²) in [6.07, 6.45) is 1.24. The van der Waals surface area contributed by atoms with Gasteiger partial charge in [-0.1, -0.05) is 45.0 Å². The maximum absolute atomic E-state index is 13.9. The maximum Gasteiger partial charge on any atom is 0.246 e. The van der Waals surface area contributed by atoms with Crippen LogP contribution in [0.3, 0.4) is 0 Å². The summed E-state index contributed by atoms with van der Waals surface area (Å²) >= 11 is 3.05. The number of hydrogen-bond acceptors (Lipinski definition) is 14. The lowest BCUT2D eigenvalue weighted by molar-refractivity contribution is -0.144. The fraction of sp³-hybridized carbons (Fsp3) is 0.389. The summed E-state index contributed by atoms with van der Waals surface area (Å²) in [5, 5.41) is 16.8. The smallest absolute Gasteiger partial charge is 0.246 e. The number of phenols is 1. The number of aryl methyl sites for hydroxylation is 1. The van der Waals surface area contributed by atoms with E-state index in [1.165, 1.54) is 11.3 Å². The number of likely N-dealkylation sites (tertiary alicyclic amines) is 1. The molecule has 0 saturated carbocycles. The SMILES string of the molecule is COc1ccc(-c2sc3cc(O)ccc3c2C(=O)c2ccc(OCCOCCOCCOCCOCC(=O)NC(C(=O)N3CCC[C@H]3C(=O)NCc3ccc(-c4scnc4C)cc3)C(C)(C)C)cc2)cc1. The predicted molar refractivity (Wildman–Crippen MR) is 274 cm³/mol. The first-order chi connectivity index (χ1) is 34.3. The maximum atomic E-state index is 13.9. The number of carbonyl (C=O) groups is 4. The van der Waals surface area contributed by atoms with Gasteiger partial charge in [0.2, 0.25) is 17.7 Å². The molecule has 3 N–H and O–H groups in total. The lowest BCUT2D eigenvalue weighted by Gasteiger charge is -2.35. The molecule has 0 spiro atoms. The number of nitrogens with zero attached hydrogens (tertiary/aromatic N) is 2. The van der Waals surface area contributed by atoms with Crippen LogP contribution in [0.2, 0.25) is 0 Å². The molecule has 15 nitrogen and oxygen atoms in total. The van der Waals surface area contributed by atoms with E-state index in [2.05, 4.69) is 15.6 Å². The number of ketones is 1. The van der Waals surface area contributed by atoms with Gasteiger partial charge in [0.1, 0.15) is 42.5 Å². The number of benzene rings is 4. The van der Waals surface area contributed by atoms with Gasteiger partial charge in [-0.15, -0.1) is 22.7 Å². The molecule has 3 heterocycles. The zero-order valence-electron chi connectivity index (χ0n) is 40.8. The summed E-state index contributed by atoms with van der Waals surface area (Å²) in [5.41, 5.74) is 6.20. The van der Waals surface area contributed by atoms with Crippen molar-refractivity contribution in [1.29, 1.82) is 0 Å².